The Balaban J connectivity index is 1.86. The molecule has 1 aromatic carbocycles. The third-order valence-corrected chi connectivity index (χ3v) is 4.51. The van der Waals surface area contributed by atoms with Crippen molar-refractivity contribution in [3.63, 3.8) is 0 Å². The number of carboxylic acids is 1. The fourth-order valence-electron chi connectivity index (χ4n) is 2.28. The summed E-state index contributed by atoms with van der Waals surface area (Å²) >= 11 is 0.838. The number of aryl methyl sites for hydroxylation is 1. The lowest BCUT2D eigenvalue weighted by molar-refractivity contribution is -0.137. The average molecular weight is 409 g/mol. The molecular formula is C18H14F3N3O3S. The van der Waals surface area contributed by atoms with Gasteiger partial charge in [-0.25, -0.2) is 9.78 Å². The molecule has 0 saturated heterocycles. The Labute approximate surface area is 161 Å². The molecule has 0 unspecified atom stereocenters. The predicted octanol–water partition coefficient (Wildman–Crippen LogP) is 4.86. The SMILES string of the molecule is CCc1nc(S/C(=C/c2ccc(-c3cccc(C(F)(F)F)c3)o2)C(=O)O)n[nH]1. The summed E-state index contributed by atoms with van der Waals surface area (Å²) in [5.41, 5.74) is -0.558. The first-order valence-corrected chi connectivity index (χ1v) is 8.89. The summed E-state index contributed by atoms with van der Waals surface area (Å²) in [6.07, 6.45) is -2.57. The molecule has 2 heterocycles. The molecule has 0 saturated carbocycles. The molecule has 6 nitrogen and oxygen atoms in total. The van der Waals surface area contributed by atoms with Gasteiger partial charge in [0.05, 0.1) is 5.56 Å². The van der Waals surface area contributed by atoms with E-state index in [4.69, 9.17) is 4.42 Å². The number of carboxylic acid groups (broad SMARTS) is 1. The van der Waals surface area contributed by atoms with E-state index in [2.05, 4.69) is 15.2 Å². The molecule has 0 aliphatic heterocycles. The van der Waals surface area contributed by atoms with Crippen molar-refractivity contribution in [3.05, 3.63) is 58.5 Å². The van der Waals surface area contributed by atoms with E-state index >= 15 is 0 Å². The number of hydrogen-bond acceptors (Lipinski definition) is 5. The number of halogens is 3. The number of nitrogens with one attached hydrogen (secondary N) is 1. The summed E-state index contributed by atoms with van der Waals surface area (Å²) in [4.78, 5) is 15.5. The second kappa shape index (κ2) is 7.93. The number of aromatic amines is 1. The Morgan fingerprint density at radius 2 is 2.11 bits per heavy atom. The molecule has 0 radical (unpaired) electrons. The highest BCUT2D eigenvalue weighted by Crippen LogP contribution is 2.33. The van der Waals surface area contributed by atoms with Gasteiger partial charge in [0.15, 0.2) is 0 Å². The second-order valence-electron chi connectivity index (χ2n) is 5.61. The summed E-state index contributed by atoms with van der Waals surface area (Å²) in [7, 11) is 0. The van der Waals surface area contributed by atoms with E-state index in [0.29, 0.717) is 12.2 Å². The van der Waals surface area contributed by atoms with Gasteiger partial charge in [-0.15, -0.1) is 5.10 Å². The normalized spacial score (nSPS) is 12.4. The highest BCUT2D eigenvalue weighted by Gasteiger charge is 2.30. The Hall–Kier alpha value is -3.01. The topological polar surface area (TPSA) is 92.0 Å². The fourth-order valence-corrected chi connectivity index (χ4v) is 2.98. The molecular weight excluding hydrogens is 395 g/mol. The van der Waals surface area contributed by atoms with E-state index in [1.807, 2.05) is 6.92 Å². The lowest BCUT2D eigenvalue weighted by Crippen LogP contribution is -2.04. The van der Waals surface area contributed by atoms with Crippen LogP contribution >= 0.6 is 11.8 Å². The highest BCUT2D eigenvalue weighted by atomic mass is 32.2. The lowest BCUT2D eigenvalue weighted by atomic mass is 10.1. The Morgan fingerprint density at radius 1 is 1.32 bits per heavy atom. The molecule has 146 valence electrons. The summed E-state index contributed by atoms with van der Waals surface area (Å²) in [6.45, 7) is 1.88. The van der Waals surface area contributed by atoms with Crippen LogP contribution in [0.25, 0.3) is 17.4 Å². The van der Waals surface area contributed by atoms with E-state index in [9.17, 15) is 23.1 Å². The van der Waals surface area contributed by atoms with Crippen LogP contribution in [0.4, 0.5) is 13.2 Å². The van der Waals surface area contributed by atoms with E-state index < -0.39 is 17.7 Å². The van der Waals surface area contributed by atoms with E-state index in [-0.39, 0.29) is 27.1 Å². The van der Waals surface area contributed by atoms with Crippen LogP contribution in [0.3, 0.4) is 0 Å². The van der Waals surface area contributed by atoms with Crippen LogP contribution < -0.4 is 0 Å². The summed E-state index contributed by atoms with van der Waals surface area (Å²) in [6, 6.07) is 7.66. The number of nitrogens with zero attached hydrogens (tertiary/aromatic N) is 2. The van der Waals surface area contributed by atoms with Gasteiger partial charge in [-0.2, -0.15) is 13.2 Å². The van der Waals surface area contributed by atoms with Gasteiger partial charge in [0, 0.05) is 18.1 Å². The smallest absolute Gasteiger partial charge is 0.416 e. The predicted molar refractivity (Wildman–Crippen MR) is 96.4 cm³/mol. The first kappa shape index (κ1) is 19.7. The zero-order chi connectivity index (χ0) is 20.3. The second-order valence-corrected chi connectivity index (χ2v) is 6.62. The molecule has 3 rings (SSSR count). The Bertz CT molecular complexity index is 1020. The molecule has 0 fully saturated rings. The van der Waals surface area contributed by atoms with E-state index in [0.717, 1.165) is 23.9 Å². The first-order valence-electron chi connectivity index (χ1n) is 8.08. The van der Waals surface area contributed by atoms with Gasteiger partial charge in [0.1, 0.15) is 22.3 Å². The monoisotopic (exact) mass is 409 g/mol. The van der Waals surface area contributed by atoms with Crippen molar-refractivity contribution in [2.24, 2.45) is 0 Å². The molecule has 28 heavy (non-hydrogen) atoms. The number of carbonyl (C=O) groups is 1. The first-order chi connectivity index (χ1) is 13.3. The number of alkyl halides is 3. The van der Waals surface area contributed by atoms with E-state index in [1.54, 1.807) is 0 Å². The fraction of sp³-hybridized carbons (Fsp3) is 0.167. The standard InChI is InChI=1S/C18H14F3N3O3S/c1-2-15-22-17(24-23-15)28-14(16(25)26)9-12-6-7-13(27-12)10-4-3-5-11(8-10)18(19,20)21/h3-9H,2H2,1H3,(H,25,26)(H,22,23,24)/b14-9+. The largest absolute Gasteiger partial charge is 0.477 e. The number of H-pyrrole nitrogens is 1. The number of rotatable bonds is 6. The molecule has 2 N–H and O–H groups in total. The average Bonchev–Trinajstić information content (AvgIpc) is 3.30. The molecule has 0 amide bonds. The van der Waals surface area contributed by atoms with Crippen molar-refractivity contribution in [2.75, 3.05) is 0 Å². The number of thioether (sulfide) groups is 1. The summed E-state index contributed by atoms with van der Waals surface area (Å²) in [5, 5.41) is 16.2. The minimum absolute atomic E-state index is 0.0911. The van der Waals surface area contributed by atoms with Crippen LogP contribution in [0.5, 0.6) is 0 Å². The molecule has 2 aromatic heterocycles. The van der Waals surface area contributed by atoms with Crippen LogP contribution in [0.2, 0.25) is 0 Å². The summed E-state index contributed by atoms with van der Waals surface area (Å²) < 4.78 is 44.1. The number of aliphatic carboxylic acids is 1. The Morgan fingerprint density at radius 3 is 2.75 bits per heavy atom. The van der Waals surface area contributed by atoms with Gasteiger partial charge in [-0.3, -0.25) is 5.10 Å². The molecule has 0 spiro atoms. The number of aromatic nitrogens is 3. The van der Waals surface area contributed by atoms with Crippen LogP contribution in [0, 0.1) is 0 Å². The van der Waals surface area contributed by atoms with Crippen LogP contribution in [-0.4, -0.2) is 26.3 Å². The van der Waals surface area contributed by atoms with Gasteiger partial charge in [-0.1, -0.05) is 19.1 Å². The molecule has 0 bridgehead atoms. The van der Waals surface area contributed by atoms with E-state index in [1.165, 1.54) is 30.3 Å². The Kier molecular flexibility index (Phi) is 5.59. The minimum atomic E-state index is -4.47. The van der Waals surface area contributed by atoms with Gasteiger partial charge >= 0.3 is 12.1 Å². The number of benzene rings is 1. The van der Waals surface area contributed by atoms with Crippen molar-refractivity contribution in [2.45, 2.75) is 24.7 Å². The molecule has 3 aromatic rings. The number of hydrogen-bond donors (Lipinski definition) is 2. The molecule has 0 aliphatic carbocycles. The zero-order valence-electron chi connectivity index (χ0n) is 14.4. The molecule has 0 aliphatic rings. The molecule has 0 atom stereocenters. The third kappa shape index (κ3) is 4.63. The van der Waals surface area contributed by atoms with Gasteiger partial charge < -0.3 is 9.52 Å². The van der Waals surface area contributed by atoms with Crippen molar-refractivity contribution in [1.29, 1.82) is 0 Å². The van der Waals surface area contributed by atoms with Crippen LogP contribution in [-0.2, 0) is 17.4 Å². The van der Waals surface area contributed by atoms with Crippen molar-refractivity contribution >= 4 is 23.8 Å². The van der Waals surface area contributed by atoms with Gasteiger partial charge in [-0.05, 0) is 36.0 Å². The maximum Gasteiger partial charge on any atom is 0.416 e. The highest BCUT2D eigenvalue weighted by molar-refractivity contribution is 8.04. The molecule has 10 heteroatoms. The van der Waals surface area contributed by atoms with Gasteiger partial charge in [0.25, 0.3) is 0 Å². The lowest BCUT2D eigenvalue weighted by Gasteiger charge is -2.07. The number of furan rings is 1. The van der Waals surface area contributed by atoms with Gasteiger partial charge in [0.2, 0.25) is 5.16 Å². The van der Waals surface area contributed by atoms with Crippen LogP contribution in [0.15, 0.2) is 50.9 Å². The van der Waals surface area contributed by atoms with Crippen molar-refractivity contribution in [3.8, 4) is 11.3 Å². The van der Waals surface area contributed by atoms with Crippen molar-refractivity contribution < 1.29 is 27.5 Å². The maximum absolute atomic E-state index is 12.9. The quantitative estimate of drug-likeness (QED) is 0.446. The van der Waals surface area contributed by atoms with Crippen molar-refractivity contribution in [1.82, 2.24) is 15.2 Å². The minimum Gasteiger partial charge on any atom is -0.477 e. The van der Waals surface area contributed by atoms with Crippen LogP contribution in [0.1, 0.15) is 24.1 Å². The zero-order valence-corrected chi connectivity index (χ0v) is 15.3. The maximum atomic E-state index is 12.9. The summed E-state index contributed by atoms with van der Waals surface area (Å²) in [5.74, 6) is -0.205. The third-order valence-electron chi connectivity index (χ3n) is 3.63.